The summed E-state index contributed by atoms with van der Waals surface area (Å²) in [4.78, 5) is 0. The van der Waals surface area contributed by atoms with Gasteiger partial charge >= 0.3 is 358 Å². The van der Waals surface area contributed by atoms with Crippen LogP contribution in [0.5, 0.6) is 0 Å². The summed E-state index contributed by atoms with van der Waals surface area (Å²) < 4.78 is 88.8. The number of benzene rings is 6. The van der Waals surface area contributed by atoms with Crippen molar-refractivity contribution < 1.29 is 72.4 Å². The molecule has 318 valence electrons. The number of alkyl halides is 6. The average molecular weight is 959 g/mol. The molecule has 0 amide bonds. The van der Waals surface area contributed by atoms with Crippen LogP contribution in [0.1, 0.15) is 96.1 Å². The second-order valence-corrected chi connectivity index (χ2v) is 24.2. The van der Waals surface area contributed by atoms with Gasteiger partial charge in [0.25, 0.3) is 0 Å². The maximum atomic E-state index is 14.6. The van der Waals surface area contributed by atoms with Crippen LogP contribution < -0.4 is 24.8 Å². The minimum atomic E-state index is -4.65. The molecule has 0 saturated heterocycles. The minimum Gasteiger partial charge on any atom is -1.00 e. The molecule has 0 atom stereocenters. The second kappa shape index (κ2) is 17.7. The van der Waals surface area contributed by atoms with Gasteiger partial charge < -0.3 is 24.8 Å². The molecule has 6 aromatic rings. The van der Waals surface area contributed by atoms with Gasteiger partial charge in [0.05, 0.1) is 0 Å². The van der Waals surface area contributed by atoms with E-state index in [9.17, 15) is 26.3 Å². The Labute approximate surface area is 380 Å². The molecule has 8 rings (SSSR count). The summed E-state index contributed by atoms with van der Waals surface area (Å²) in [5.41, 5.74) is 9.27. The van der Waals surface area contributed by atoms with Crippen LogP contribution in [0.2, 0.25) is 0 Å². The average Bonchev–Trinajstić information content (AvgIpc) is 3.85. The van der Waals surface area contributed by atoms with Crippen LogP contribution in [-0.4, -0.2) is 3.21 Å². The van der Waals surface area contributed by atoms with E-state index in [4.69, 9.17) is 0 Å². The number of allylic oxidation sites excluding steroid dienone is 4. The molecule has 0 aliphatic heterocycles. The second-order valence-electron chi connectivity index (χ2n) is 17.9. The Kier molecular flexibility index (Phi) is 13.5. The Morgan fingerprint density at radius 1 is 0.500 bits per heavy atom. The van der Waals surface area contributed by atoms with E-state index < -0.39 is 44.7 Å². The van der Waals surface area contributed by atoms with Crippen molar-refractivity contribution in [3.63, 3.8) is 0 Å². The van der Waals surface area contributed by atoms with Crippen molar-refractivity contribution in [1.29, 1.82) is 0 Å². The summed E-state index contributed by atoms with van der Waals surface area (Å²) in [7, 11) is 0. The third-order valence-electron chi connectivity index (χ3n) is 11.7. The molecule has 0 N–H and O–H groups in total. The minimum absolute atomic E-state index is 0. The number of rotatable bonds is 6. The van der Waals surface area contributed by atoms with Crippen molar-refractivity contribution >= 4 is 3.21 Å². The Morgan fingerprint density at radius 3 is 1.27 bits per heavy atom. The van der Waals surface area contributed by atoms with Crippen LogP contribution in [0.3, 0.4) is 0 Å². The smallest absolute Gasteiger partial charge is 1.00 e. The van der Waals surface area contributed by atoms with Gasteiger partial charge in [-0.3, -0.25) is 0 Å². The first kappa shape index (κ1) is 47.2. The fourth-order valence-electron chi connectivity index (χ4n) is 8.93. The molecule has 0 heterocycles. The van der Waals surface area contributed by atoms with Gasteiger partial charge in [0, 0.05) is 0 Å². The number of fused-ring (bicyclic) bond motifs is 3. The van der Waals surface area contributed by atoms with Crippen molar-refractivity contribution in [3.05, 3.63) is 199 Å². The van der Waals surface area contributed by atoms with Crippen molar-refractivity contribution in [2.45, 2.75) is 74.8 Å². The van der Waals surface area contributed by atoms with Crippen molar-refractivity contribution in [2.75, 3.05) is 0 Å². The predicted octanol–water partition coefficient (Wildman–Crippen LogP) is 9.46. The Bertz CT molecular complexity index is 2550. The summed E-state index contributed by atoms with van der Waals surface area (Å²) >= 11 is -3.82. The predicted molar refractivity (Wildman–Crippen MR) is 230 cm³/mol. The van der Waals surface area contributed by atoms with Crippen LogP contribution in [0.25, 0.3) is 33.4 Å². The van der Waals surface area contributed by atoms with Crippen LogP contribution in [0.15, 0.2) is 155 Å². The van der Waals surface area contributed by atoms with Crippen molar-refractivity contribution in [2.24, 2.45) is 0 Å². The quantitative estimate of drug-likeness (QED) is 0.146. The molecule has 0 spiro atoms. The van der Waals surface area contributed by atoms with Gasteiger partial charge in [0.1, 0.15) is 0 Å². The van der Waals surface area contributed by atoms with Crippen LogP contribution in [0, 0.1) is 0 Å². The Morgan fingerprint density at radius 2 is 0.919 bits per heavy atom. The summed E-state index contributed by atoms with van der Waals surface area (Å²) in [5, 5.41) is 0. The molecule has 0 fully saturated rings. The molecule has 0 saturated carbocycles. The Hall–Kier alpha value is -4.29. The molecule has 9 heteroatoms. The third kappa shape index (κ3) is 9.19. The van der Waals surface area contributed by atoms with E-state index in [-0.39, 0.29) is 39.3 Å². The first-order chi connectivity index (χ1) is 28.3. The molecule has 0 aromatic heterocycles. The van der Waals surface area contributed by atoms with Gasteiger partial charge in [0.2, 0.25) is 0 Å². The van der Waals surface area contributed by atoms with E-state index in [1.165, 1.54) is 12.1 Å². The summed E-state index contributed by atoms with van der Waals surface area (Å²) in [6.45, 7) is 13.2. The molecule has 0 radical (unpaired) electrons. The van der Waals surface area contributed by atoms with E-state index in [1.807, 2.05) is 42.5 Å². The third-order valence-corrected chi connectivity index (χ3v) is 20.0. The maximum absolute atomic E-state index is 14.6. The van der Waals surface area contributed by atoms with Gasteiger partial charge in [-0.2, -0.15) is 0 Å². The van der Waals surface area contributed by atoms with Crippen LogP contribution >= 0.6 is 0 Å². The molecule has 2 aliphatic rings. The Balaban J connectivity index is 0.00000321. The fraction of sp³-hybridized carbons (Fsp3) is 0.226. The maximum Gasteiger partial charge on any atom is -1.00 e. The molecular formula is C53H46Cl2F6Zr. The number of hydrogen-bond acceptors (Lipinski definition) is 0. The summed E-state index contributed by atoms with van der Waals surface area (Å²) in [6.07, 6.45) is -2.61. The van der Waals surface area contributed by atoms with Gasteiger partial charge in [-0.1, -0.05) is 0 Å². The van der Waals surface area contributed by atoms with Gasteiger partial charge in [0.15, 0.2) is 0 Å². The molecule has 0 unspecified atom stereocenters. The number of hydrogen-bond donors (Lipinski definition) is 0. The van der Waals surface area contributed by atoms with E-state index in [1.54, 1.807) is 12.1 Å². The fourth-order valence-corrected chi connectivity index (χ4v) is 17.8. The van der Waals surface area contributed by atoms with Gasteiger partial charge in [-0.15, -0.1) is 0 Å². The SMILES string of the molecule is CC(C)(C)c1cc2c(cc1-c1ccccc1)[CH]([Zr+2]([C]1=CC=CC1)=[C](c1cccc(C(F)(F)F)c1)c1cccc(C(F)(F)F)c1)c1cc(-c3ccccc3)c(C(C)(C)C)cc1-2.[Cl-].[Cl-]. The zero-order chi connectivity index (χ0) is 42.8. The van der Waals surface area contributed by atoms with E-state index in [0.717, 1.165) is 83.2 Å². The molecule has 2 aliphatic carbocycles. The van der Waals surface area contributed by atoms with Crippen molar-refractivity contribution in [1.82, 2.24) is 0 Å². The van der Waals surface area contributed by atoms with E-state index >= 15 is 0 Å². The first-order valence-corrected chi connectivity index (χ1v) is 24.1. The zero-order valence-corrected chi connectivity index (χ0v) is 39.2. The molecule has 0 nitrogen and oxygen atoms in total. The standard InChI is InChI=1S/C33H33.C15H8F6.C5H5.2ClH.Zr/c1-32(2,3)30-20-26-24(18-28(30)22-13-9-7-10-14-22)17-25-19-29(23-15-11-8-12-16-23)31(21-27(25)26)33(4,5)6;16-14(17,18)12-5-1-3-10(8-12)7-11-4-2-6-13(9-11)15(19,20)21;1-2-4-5-3-1;;;/h7-21H,1-6H3;1-6,8-9H;1-3H,4H2;2*1H;/q;;;;;+2/p-2. The van der Waals surface area contributed by atoms with Gasteiger partial charge in [-0.25, -0.2) is 0 Å². The van der Waals surface area contributed by atoms with E-state index in [2.05, 4.69) is 102 Å². The normalized spacial score (nSPS) is 13.6. The number of halogens is 8. The first-order valence-electron chi connectivity index (χ1n) is 20.2. The zero-order valence-electron chi connectivity index (χ0n) is 35.2. The molecular weight excluding hydrogens is 913 g/mol. The summed E-state index contributed by atoms with van der Waals surface area (Å²) in [6, 6.07) is 40.1. The van der Waals surface area contributed by atoms with Gasteiger partial charge in [-0.05, 0) is 0 Å². The monoisotopic (exact) mass is 956 g/mol. The summed E-state index contributed by atoms with van der Waals surface area (Å²) in [5.74, 6) is 0. The molecule has 0 bridgehead atoms. The van der Waals surface area contributed by atoms with Crippen LogP contribution in [0.4, 0.5) is 26.3 Å². The topological polar surface area (TPSA) is 0 Å². The largest absolute Gasteiger partial charge is 1.00 e. The molecule has 62 heavy (non-hydrogen) atoms. The van der Waals surface area contributed by atoms with E-state index in [0.29, 0.717) is 20.8 Å². The molecule has 6 aromatic carbocycles. The van der Waals surface area contributed by atoms with Crippen LogP contribution in [-0.2, 0) is 44.4 Å². The van der Waals surface area contributed by atoms with Crippen molar-refractivity contribution in [3.8, 4) is 33.4 Å².